The van der Waals surface area contributed by atoms with Crippen molar-refractivity contribution in [2.45, 2.75) is 36.9 Å². The van der Waals surface area contributed by atoms with Crippen LogP contribution in [0.3, 0.4) is 0 Å². The minimum atomic E-state index is -3.97. The van der Waals surface area contributed by atoms with Gasteiger partial charge in [-0.15, -0.1) is 0 Å². The fraction of sp³-hybridized carbons (Fsp3) is 0.417. The Morgan fingerprint density at radius 1 is 1.40 bits per heavy atom. The second-order valence-electron chi connectivity index (χ2n) is 4.95. The average Bonchev–Trinajstić information content (AvgIpc) is 2.26. The molecule has 5 nitrogen and oxygen atoms in total. The molecule has 0 saturated carbocycles. The number of hydrogen-bond acceptors (Lipinski definition) is 3. The van der Waals surface area contributed by atoms with Gasteiger partial charge in [-0.05, 0) is 38.1 Å². The molecule has 0 saturated heterocycles. The van der Waals surface area contributed by atoms with Crippen LogP contribution in [0.2, 0.25) is 5.02 Å². The highest BCUT2D eigenvalue weighted by Crippen LogP contribution is 2.19. The van der Waals surface area contributed by atoms with Crippen molar-refractivity contribution in [3.05, 3.63) is 29.3 Å². The number of nitrogens with one attached hydrogen (secondary N) is 1. The van der Waals surface area contributed by atoms with E-state index in [2.05, 4.69) is 4.72 Å². The van der Waals surface area contributed by atoms with E-state index in [0.29, 0.717) is 5.02 Å². The largest absolute Gasteiger partial charge is 0.368 e. The van der Waals surface area contributed by atoms with Gasteiger partial charge in [0.15, 0.2) is 0 Å². The van der Waals surface area contributed by atoms with Crippen LogP contribution in [0.4, 0.5) is 4.39 Å². The third-order valence-electron chi connectivity index (χ3n) is 2.45. The smallest absolute Gasteiger partial charge is 0.241 e. The van der Waals surface area contributed by atoms with Crippen molar-refractivity contribution in [1.29, 1.82) is 0 Å². The van der Waals surface area contributed by atoms with Crippen molar-refractivity contribution < 1.29 is 17.6 Å². The summed E-state index contributed by atoms with van der Waals surface area (Å²) in [5.41, 5.74) is 3.37. The first kappa shape index (κ1) is 16.9. The first-order valence-electron chi connectivity index (χ1n) is 5.77. The molecule has 1 atom stereocenters. The molecular weight excluding hydrogens is 307 g/mol. The minimum Gasteiger partial charge on any atom is -0.368 e. The molecule has 8 heteroatoms. The van der Waals surface area contributed by atoms with Crippen LogP contribution in [-0.4, -0.2) is 26.0 Å². The van der Waals surface area contributed by atoms with Crippen molar-refractivity contribution in [2.24, 2.45) is 5.73 Å². The Morgan fingerprint density at radius 3 is 2.30 bits per heavy atom. The topological polar surface area (TPSA) is 89.3 Å². The molecule has 0 aliphatic carbocycles. The molecule has 112 valence electrons. The van der Waals surface area contributed by atoms with Gasteiger partial charge in [-0.2, -0.15) is 4.72 Å². The van der Waals surface area contributed by atoms with Gasteiger partial charge in [0.25, 0.3) is 0 Å². The summed E-state index contributed by atoms with van der Waals surface area (Å²) in [6, 6.07) is 4.03. The number of hydrogen-bond donors (Lipinski definition) is 2. The van der Waals surface area contributed by atoms with Crippen molar-refractivity contribution in [1.82, 2.24) is 4.72 Å². The van der Waals surface area contributed by atoms with Crippen molar-refractivity contribution in [3.8, 4) is 0 Å². The van der Waals surface area contributed by atoms with Crippen molar-refractivity contribution in [2.75, 3.05) is 0 Å². The van der Waals surface area contributed by atoms with Gasteiger partial charge in [-0.1, -0.05) is 11.6 Å². The number of sulfonamides is 1. The molecule has 0 aliphatic heterocycles. The number of carbonyl (C=O) groups is 1. The predicted octanol–water partition coefficient (Wildman–Crippen LogP) is 1.61. The van der Waals surface area contributed by atoms with Crippen LogP contribution < -0.4 is 10.5 Å². The number of amides is 1. The third kappa shape index (κ3) is 5.07. The van der Waals surface area contributed by atoms with Crippen LogP contribution in [0.1, 0.15) is 20.3 Å². The SMILES string of the molecule is CC(C)(F)C[C@@H](NS(=O)(=O)c1ccc(Cl)cc1)C(N)=O. The average molecular weight is 323 g/mol. The van der Waals surface area contributed by atoms with E-state index in [0.717, 1.165) is 0 Å². The Hall–Kier alpha value is -1.18. The third-order valence-corrected chi connectivity index (χ3v) is 4.19. The Bertz CT molecular complexity index is 582. The molecular formula is C12H16ClFN2O3S. The molecule has 20 heavy (non-hydrogen) atoms. The zero-order chi connectivity index (χ0) is 15.6. The summed E-state index contributed by atoms with van der Waals surface area (Å²) in [5.74, 6) is -0.937. The van der Waals surface area contributed by atoms with E-state index in [1.165, 1.54) is 38.1 Å². The lowest BCUT2D eigenvalue weighted by Gasteiger charge is -2.21. The van der Waals surface area contributed by atoms with Gasteiger partial charge in [0.1, 0.15) is 11.7 Å². The summed E-state index contributed by atoms with van der Waals surface area (Å²) in [4.78, 5) is 11.2. The number of alkyl halides is 1. The van der Waals surface area contributed by atoms with E-state index < -0.39 is 27.6 Å². The molecule has 1 rings (SSSR count). The quantitative estimate of drug-likeness (QED) is 0.833. The number of halogens is 2. The van der Waals surface area contributed by atoms with Gasteiger partial charge in [0, 0.05) is 11.4 Å². The number of nitrogens with two attached hydrogens (primary N) is 1. The maximum Gasteiger partial charge on any atom is 0.241 e. The normalized spacial score (nSPS) is 14.0. The second-order valence-corrected chi connectivity index (χ2v) is 7.10. The Balaban J connectivity index is 2.97. The second kappa shape index (κ2) is 6.07. The van der Waals surface area contributed by atoms with Gasteiger partial charge in [-0.25, -0.2) is 12.8 Å². The molecule has 1 aromatic carbocycles. The van der Waals surface area contributed by atoms with Gasteiger partial charge in [0.2, 0.25) is 15.9 Å². The lowest BCUT2D eigenvalue weighted by Crippen LogP contribution is -2.47. The highest BCUT2D eigenvalue weighted by Gasteiger charge is 2.30. The lowest BCUT2D eigenvalue weighted by molar-refractivity contribution is -0.120. The zero-order valence-electron chi connectivity index (χ0n) is 11.1. The molecule has 0 radical (unpaired) electrons. The number of primary amides is 1. The van der Waals surface area contributed by atoms with E-state index >= 15 is 0 Å². The van der Waals surface area contributed by atoms with Gasteiger partial charge < -0.3 is 5.73 Å². The van der Waals surface area contributed by atoms with Gasteiger partial charge >= 0.3 is 0 Å². The summed E-state index contributed by atoms with van der Waals surface area (Å²) in [5, 5.41) is 0.375. The van der Waals surface area contributed by atoms with Crippen LogP contribution in [0, 0.1) is 0 Å². The highest BCUT2D eigenvalue weighted by atomic mass is 35.5. The Morgan fingerprint density at radius 2 is 1.90 bits per heavy atom. The summed E-state index contributed by atoms with van der Waals surface area (Å²) in [7, 11) is -3.97. The van der Waals surface area contributed by atoms with Gasteiger partial charge in [0.05, 0.1) is 4.90 Å². The van der Waals surface area contributed by atoms with E-state index in [4.69, 9.17) is 17.3 Å². The first-order chi connectivity index (χ1) is 9.01. The molecule has 1 aromatic rings. The van der Waals surface area contributed by atoms with E-state index in [9.17, 15) is 17.6 Å². The van der Waals surface area contributed by atoms with E-state index in [1.807, 2.05) is 0 Å². The van der Waals surface area contributed by atoms with Crippen molar-refractivity contribution >= 4 is 27.5 Å². The molecule has 0 unspecified atom stereocenters. The van der Waals surface area contributed by atoms with E-state index in [1.54, 1.807) is 0 Å². The highest BCUT2D eigenvalue weighted by molar-refractivity contribution is 7.89. The lowest BCUT2D eigenvalue weighted by atomic mass is 10.0. The number of rotatable bonds is 6. The first-order valence-corrected chi connectivity index (χ1v) is 7.63. The predicted molar refractivity (Wildman–Crippen MR) is 74.6 cm³/mol. The van der Waals surface area contributed by atoms with Gasteiger partial charge in [-0.3, -0.25) is 4.79 Å². The summed E-state index contributed by atoms with van der Waals surface area (Å²) in [6.07, 6.45) is -0.352. The van der Waals surface area contributed by atoms with Crippen LogP contribution >= 0.6 is 11.6 Å². The molecule has 1 amide bonds. The Kier molecular flexibility index (Phi) is 5.12. The molecule has 0 aromatic heterocycles. The Labute approximate surface area is 122 Å². The van der Waals surface area contributed by atoms with Crippen LogP contribution in [0.15, 0.2) is 29.2 Å². The molecule has 0 heterocycles. The summed E-state index contributed by atoms with van der Waals surface area (Å²) < 4.78 is 39.8. The van der Waals surface area contributed by atoms with Crippen LogP contribution in [0.5, 0.6) is 0 Å². The fourth-order valence-electron chi connectivity index (χ4n) is 1.55. The maximum atomic E-state index is 13.6. The van der Waals surface area contributed by atoms with Crippen molar-refractivity contribution in [3.63, 3.8) is 0 Å². The fourth-order valence-corrected chi connectivity index (χ4v) is 2.89. The molecule has 0 aliphatic rings. The van der Waals surface area contributed by atoms with E-state index in [-0.39, 0.29) is 11.3 Å². The molecule has 0 fully saturated rings. The standard InChI is InChI=1S/C12H16ClFN2O3S/c1-12(2,14)7-10(11(15)17)16-20(18,19)9-5-3-8(13)4-6-9/h3-6,10,16H,7H2,1-2H3,(H2,15,17)/t10-/m1/s1. The maximum absolute atomic E-state index is 13.6. The molecule has 0 spiro atoms. The summed E-state index contributed by atoms with van der Waals surface area (Å²) >= 11 is 5.67. The number of benzene rings is 1. The van der Waals surface area contributed by atoms with Crippen LogP contribution in [0.25, 0.3) is 0 Å². The number of carbonyl (C=O) groups excluding carboxylic acids is 1. The monoisotopic (exact) mass is 322 g/mol. The van der Waals surface area contributed by atoms with Crippen LogP contribution in [-0.2, 0) is 14.8 Å². The molecule has 0 bridgehead atoms. The summed E-state index contributed by atoms with van der Waals surface area (Å²) in [6.45, 7) is 2.47. The molecule has 3 N–H and O–H groups in total. The zero-order valence-corrected chi connectivity index (χ0v) is 12.6. The minimum absolute atomic E-state index is 0.0789.